The van der Waals surface area contributed by atoms with Crippen LogP contribution < -0.4 is 0 Å². The van der Waals surface area contributed by atoms with Crippen molar-refractivity contribution in [1.82, 2.24) is 0 Å². The first-order valence-corrected chi connectivity index (χ1v) is 6.12. The Morgan fingerprint density at radius 3 is 1.36 bits per heavy atom. The predicted molar refractivity (Wildman–Crippen MR) is 58.2 cm³/mol. The van der Waals surface area contributed by atoms with Crippen molar-refractivity contribution in [2.45, 2.75) is 65.2 Å². The van der Waals surface area contributed by atoms with Crippen LogP contribution in [0.5, 0.6) is 0 Å². The third kappa shape index (κ3) is 1.51. The fourth-order valence-electron chi connectivity index (χ4n) is 3.49. The first-order chi connectivity index (χ1) is 6.57. The fourth-order valence-corrected chi connectivity index (χ4v) is 3.49. The van der Waals surface area contributed by atoms with Crippen LogP contribution in [0.4, 0.5) is 0 Å². The fraction of sp³-hybridized carbons (Fsp3) is 0.923. The van der Waals surface area contributed by atoms with Gasteiger partial charge in [0.1, 0.15) is 5.78 Å². The molecule has 0 heterocycles. The highest BCUT2D eigenvalue weighted by Crippen LogP contribution is 2.48. The molecule has 0 spiro atoms. The van der Waals surface area contributed by atoms with Crippen LogP contribution in [0.25, 0.3) is 0 Å². The van der Waals surface area contributed by atoms with Crippen molar-refractivity contribution in [3.8, 4) is 0 Å². The second-order valence-electron chi connectivity index (χ2n) is 5.86. The van der Waals surface area contributed by atoms with Gasteiger partial charge in [0.05, 0.1) is 0 Å². The van der Waals surface area contributed by atoms with E-state index in [0.717, 1.165) is 25.7 Å². The number of hydrogen-bond acceptors (Lipinski definition) is 1. The molecule has 0 N–H and O–H groups in total. The van der Waals surface area contributed by atoms with Gasteiger partial charge in [-0.15, -0.1) is 0 Å². The Morgan fingerprint density at radius 2 is 1.07 bits per heavy atom. The number of carbonyl (C=O) groups excluding carboxylic acids is 1. The summed E-state index contributed by atoms with van der Waals surface area (Å²) < 4.78 is 0. The van der Waals surface area contributed by atoms with Crippen molar-refractivity contribution in [2.24, 2.45) is 10.8 Å². The second kappa shape index (κ2) is 3.36. The molecule has 2 aliphatic rings. The van der Waals surface area contributed by atoms with E-state index in [1.807, 2.05) is 0 Å². The first-order valence-electron chi connectivity index (χ1n) is 6.12. The van der Waals surface area contributed by atoms with Gasteiger partial charge in [0.15, 0.2) is 0 Å². The lowest BCUT2D eigenvalue weighted by atomic mass is 9.70. The van der Waals surface area contributed by atoms with Crippen molar-refractivity contribution in [3.63, 3.8) is 0 Å². The quantitative estimate of drug-likeness (QED) is 0.655. The molecule has 0 bridgehead atoms. The molecule has 0 amide bonds. The number of carbonyl (C=O) groups is 1. The SMILES string of the molecule is CC1(C(=O)C2(C)CCCC2)CCCC1. The monoisotopic (exact) mass is 194 g/mol. The van der Waals surface area contributed by atoms with Gasteiger partial charge in [-0.3, -0.25) is 4.79 Å². The van der Waals surface area contributed by atoms with E-state index in [-0.39, 0.29) is 10.8 Å². The molecule has 1 nitrogen and oxygen atoms in total. The van der Waals surface area contributed by atoms with Crippen LogP contribution >= 0.6 is 0 Å². The summed E-state index contributed by atoms with van der Waals surface area (Å²) in [6, 6.07) is 0. The van der Waals surface area contributed by atoms with E-state index in [0.29, 0.717) is 5.78 Å². The van der Waals surface area contributed by atoms with Crippen molar-refractivity contribution < 1.29 is 4.79 Å². The molecule has 0 aromatic carbocycles. The molecule has 0 aromatic heterocycles. The van der Waals surface area contributed by atoms with E-state index in [4.69, 9.17) is 0 Å². The molecule has 0 unspecified atom stereocenters. The maximum Gasteiger partial charge on any atom is 0.144 e. The summed E-state index contributed by atoms with van der Waals surface area (Å²) in [6.07, 6.45) is 9.61. The zero-order chi connectivity index (χ0) is 10.2. The number of rotatable bonds is 2. The summed E-state index contributed by atoms with van der Waals surface area (Å²) in [5.41, 5.74) is 0.0815. The van der Waals surface area contributed by atoms with E-state index in [2.05, 4.69) is 13.8 Å². The van der Waals surface area contributed by atoms with Gasteiger partial charge in [-0.1, -0.05) is 39.5 Å². The van der Waals surface area contributed by atoms with Crippen molar-refractivity contribution in [3.05, 3.63) is 0 Å². The van der Waals surface area contributed by atoms with E-state index < -0.39 is 0 Å². The Morgan fingerprint density at radius 1 is 0.786 bits per heavy atom. The van der Waals surface area contributed by atoms with E-state index in [9.17, 15) is 4.79 Å². The van der Waals surface area contributed by atoms with E-state index in [1.54, 1.807) is 0 Å². The Balaban J connectivity index is 2.13. The Bertz CT molecular complexity index is 206. The highest BCUT2D eigenvalue weighted by molar-refractivity contribution is 5.90. The number of ketones is 1. The number of hydrogen-bond donors (Lipinski definition) is 0. The first kappa shape index (κ1) is 10.2. The van der Waals surface area contributed by atoms with Gasteiger partial charge >= 0.3 is 0 Å². The van der Waals surface area contributed by atoms with Crippen LogP contribution in [-0.4, -0.2) is 5.78 Å². The summed E-state index contributed by atoms with van der Waals surface area (Å²) in [7, 11) is 0. The summed E-state index contributed by atoms with van der Waals surface area (Å²) in [5.74, 6) is 0.583. The lowest BCUT2D eigenvalue weighted by molar-refractivity contribution is -0.137. The largest absolute Gasteiger partial charge is 0.298 e. The van der Waals surface area contributed by atoms with Crippen LogP contribution in [0, 0.1) is 10.8 Å². The van der Waals surface area contributed by atoms with E-state index in [1.165, 1.54) is 25.7 Å². The molecule has 2 rings (SSSR count). The normalized spacial score (nSPS) is 29.3. The molecule has 0 aliphatic heterocycles. The zero-order valence-electron chi connectivity index (χ0n) is 9.57. The van der Waals surface area contributed by atoms with Gasteiger partial charge in [-0.2, -0.15) is 0 Å². The Labute approximate surface area is 87.3 Å². The molecule has 0 radical (unpaired) electrons. The molecule has 2 fully saturated rings. The van der Waals surface area contributed by atoms with E-state index >= 15 is 0 Å². The summed E-state index contributed by atoms with van der Waals surface area (Å²) in [4.78, 5) is 12.5. The average Bonchev–Trinajstić information content (AvgIpc) is 2.75. The molecule has 80 valence electrons. The smallest absolute Gasteiger partial charge is 0.144 e. The van der Waals surface area contributed by atoms with Crippen LogP contribution in [0.2, 0.25) is 0 Å². The summed E-state index contributed by atoms with van der Waals surface area (Å²) in [5, 5.41) is 0. The zero-order valence-corrected chi connectivity index (χ0v) is 9.57. The lowest BCUT2D eigenvalue weighted by Crippen LogP contribution is -2.37. The molecule has 2 saturated carbocycles. The van der Waals surface area contributed by atoms with Gasteiger partial charge in [0.25, 0.3) is 0 Å². The maximum absolute atomic E-state index is 12.5. The lowest BCUT2D eigenvalue weighted by Gasteiger charge is -2.32. The van der Waals surface area contributed by atoms with Crippen molar-refractivity contribution in [1.29, 1.82) is 0 Å². The van der Waals surface area contributed by atoms with Gasteiger partial charge in [-0.25, -0.2) is 0 Å². The molecule has 1 heteroatoms. The van der Waals surface area contributed by atoms with Gasteiger partial charge in [0, 0.05) is 10.8 Å². The van der Waals surface area contributed by atoms with Crippen LogP contribution in [-0.2, 0) is 4.79 Å². The van der Waals surface area contributed by atoms with Crippen LogP contribution in [0.15, 0.2) is 0 Å². The third-order valence-electron chi connectivity index (χ3n) is 4.51. The number of Topliss-reactive ketones (excluding diaryl/α,β-unsaturated/α-hetero) is 1. The minimum atomic E-state index is 0.0408. The molecule has 14 heavy (non-hydrogen) atoms. The Hall–Kier alpha value is -0.330. The summed E-state index contributed by atoms with van der Waals surface area (Å²) >= 11 is 0. The summed E-state index contributed by atoms with van der Waals surface area (Å²) in [6.45, 7) is 4.40. The van der Waals surface area contributed by atoms with Gasteiger partial charge in [0.2, 0.25) is 0 Å². The van der Waals surface area contributed by atoms with Gasteiger partial charge in [-0.05, 0) is 25.7 Å². The van der Waals surface area contributed by atoms with Crippen LogP contribution in [0.3, 0.4) is 0 Å². The highest BCUT2D eigenvalue weighted by atomic mass is 16.1. The predicted octanol–water partition coefficient (Wildman–Crippen LogP) is 3.72. The third-order valence-corrected chi connectivity index (χ3v) is 4.51. The molecular weight excluding hydrogens is 172 g/mol. The minimum Gasteiger partial charge on any atom is -0.298 e. The molecule has 0 saturated heterocycles. The maximum atomic E-state index is 12.5. The molecular formula is C13H22O. The minimum absolute atomic E-state index is 0.0408. The highest BCUT2D eigenvalue weighted by Gasteiger charge is 2.46. The second-order valence-corrected chi connectivity index (χ2v) is 5.86. The standard InChI is InChI=1S/C13H22O/c1-12(7-3-4-8-12)11(14)13(2)9-5-6-10-13/h3-10H2,1-2H3. The topological polar surface area (TPSA) is 17.1 Å². The van der Waals surface area contributed by atoms with Gasteiger partial charge < -0.3 is 0 Å². The van der Waals surface area contributed by atoms with Crippen molar-refractivity contribution >= 4 is 5.78 Å². The average molecular weight is 194 g/mol. The van der Waals surface area contributed by atoms with Crippen molar-refractivity contribution in [2.75, 3.05) is 0 Å². The Kier molecular flexibility index (Phi) is 2.45. The molecule has 2 aliphatic carbocycles. The molecule has 0 atom stereocenters. The molecule has 0 aromatic rings. The van der Waals surface area contributed by atoms with Crippen LogP contribution in [0.1, 0.15) is 65.2 Å².